The number of nitrogens with one attached hydrogen (secondary N) is 1. The summed E-state index contributed by atoms with van der Waals surface area (Å²) in [7, 11) is 0. The predicted molar refractivity (Wildman–Crippen MR) is 129 cm³/mol. The number of hydrogen-bond acceptors (Lipinski definition) is 4. The van der Waals surface area contributed by atoms with Crippen LogP contribution in [0.15, 0.2) is 30.3 Å². The Hall–Kier alpha value is -2.92. The van der Waals surface area contributed by atoms with Crippen LogP contribution in [0.1, 0.15) is 41.1 Å². The van der Waals surface area contributed by atoms with Gasteiger partial charge in [-0.3, -0.25) is 4.57 Å². The van der Waals surface area contributed by atoms with Crippen LogP contribution in [0.5, 0.6) is 0 Å². The first-order chi connectivity index (χ1) is 14.9. The van der Waals surface area contributed by atoms with Gasteiger partial charge in [0, 0.05) is 24.0 Å². The summed E-state index contributed by atoms with van der Waals surface area (Å²) in [5.41, 5.74) is 15.4. The number of rotatable bonds is 6. The minimum atomic E-state index is 0.781. The SMILES string of the molecule is Cc1cc(C)c(-n2c3cccc(N)c3c3c(CCNCC4CC4)nc(C)nc32)c(C)c1. The summed E-state index contributed by atoms with van der Waals surface area (Å²) in [6.45, 7) is 10.5. The second-order valence-electron chi connectivity index (χ2n) is 9.14. The minimum absolute atomic E-state index is 0.781. The van der Waals surface area contributed by atoms with Gasteiger partial charge in [-0.25, -0.2) is 9.97 Å². The molecular weight excluding hydrogens is 382 g/mol. The Labute approximate surface area is 183 Å². The predicted octanol–water partition coefficient (Wildman–Crippen LogP) is 4.93. The van der Waals surface area contributed by atoms with Gasteiger partial charge in [0.05, 0.1) is 22.3 Å². The molecule has 0 unspecified atom stereocenters. The monoisotopic (exact) mass is 413 g/mol. The molecule has 0 spiro atoms. The number of nitrogen functional groups attached to an aromatic ring is 1. The average Bonchev–Trinajstić information content (AvgIpc) is 3.47. The zero-order valence-corrected chi connectivity index (χ0v) is 18.9. The molecule has 2 heterocycles. The van der Waals surface area contributed by atoms with Gasteiger partial charge in [0.15, 0.2) is 0 Å². The van der Waals surface area contributed by atoms with E-state index in [1.54, 1.807) is 0 Å². The van der Waals surface area contributed by atoms with E-state index in [9.17, 15) is 0 Å². The standard InChI is InChI=1S/C26H31N5/c1-15-12-16(2)25(17(3)13-15)31-22-7-5-6-20(27)23(22)24-21(29-18(4)30-26(24)31)10-11-28-14-19-8-9-19/h5-7,12-13,19,28H,8-11,14,27H2,1-4H3. The van der Waals surface area contributed by atoms with Crippen LogP contribution in [-0.2, 0) is 6.42 Å². The summed E-state index contributed by atoms with van der Waals surface area (Å²) < 4.78 is 2.29. The second kappa shape index (κ2) is 7.65. The molecule has 0 bridgehead atoms. The molecule has 5 rings (SSSR count). The number of fused-ring (bicyclic) bond motifs is 3. The van der Waals surface area contributed by atoms with Crippen molar-refractivity contribution in [1.29, 1.82) is 0 Å². The highest BCUT2D eigenvalue weighted by atomic mass is 15.1. The molecule has 5 heteroatoms. The van der Waals surface area contributed by atoms with E-state index in [2.05, 4.69) is 48.9 Å². The van der Waals surface area contributed by atoms with Crippen LogP contribution >= 0.6 is 0 Å². The summed E-state index contributed by atoms with van der Waals surface area (Å²) >= 11 is 0. The van der Waals surface area contributed by atoms with E-state index in [0.717, 1.165) is 64.6 Å². The van der Waals surface area contributed by atoms with Gasteiger partial charge in [0.2, 0.25) is 0 Å². The van der Waals surface area contributed by atoms with Crippen LogP contribution in [0.25, 0.3) is 27.6 Å². The maximum Gasteiger partial charge on any atom is 0.149 e. The maximum absolute atomic E-state index is 6.54. The lowest BCUT2D eigenvalue weighted by Crippen LogP contribution is -2.20. The third kappa shape index (κ3) is 3.57. The summed E-state index contributed by atoms with van der Waals surface area (Å²) in [4.78, 5) is 9.81. The number of nitrogens with two attached hydrogens (primary N) is 1. The number of anilines is 1. The summed E-state index contributed by atoms with van der Waals surface area (Å²) in [5.74, 6) is 1.67. The van der Waals surface area contributed by atoms with E-state index in [-0.39, 0.29) is 0 Å². The quantitative estimate of drug-likeness (QED) is 0.347. The van der Waals surface area contributed by atoms with E-state index in [0.29, 0.717) is 0 Å². The van der Waals surface area contributed by atoms with Gasteiger partial charge in [-0.2, -0.15) is 0 Å². The molecule has 0 saturated heterocycles. The average molecular weight is 414 g/mol. The Balaban J connectivity index is 1.75. The van der Waals surface area contributed by atoms with E-state index in [4.69, 9.17) is 15.7 Å². The summed E-state index contributed by atoms with van der Waals surface area (Å²) in [6.07, 6.45) is 3.60. The van der Waals surface area contributed by atoms with Crippen molar-refractivity contribution in [2.45, 2.75) is 47.0 Å². The molecule has 0 atom stereocenters. The normalized spacial score (nSPS) is 14.1. The van der Waals surface area contributed by atoms with Crippen molar-refractivity contribution in [3.8, 4) is 5.69 Å². The molecule has 1 fully saturated rings. The number of hydrogen-bond donors (Lipinski definition) is 2. The van der Waals surface area contributed by atoms with Gasteiger partial charge >= 0.3 is 0 Å². The molecule has 5 nitrogen and oxygen atoms in total. The molecule has 1 aliphatic rings. The van der Waals surface area contributed by atoms with Crippen LogP contribution in [-0.4, -0.2) is 27.6 Å². The zero-order valence-electron chi connectivity index (χ0n) is 18.9. The molecule has 2 aromatic carbocycles. The third-order valence-corrected chi connectivity index (χ3v) is 6.38. The highest BCUT2D eigenvalue weighted by Gasteiger charge is 2.23. The Morgan fingerprint density at radius 1 is 1.03 bits per heavy atom. The fourth-order valence-electron chi connectivity index (χ4n) is 4.93. The maximum atomic E-state index is 6.54. The molecule has 1 aliphatic carbocycles. The van der Waals surface area contributed by atoms with Crippen molar-refractivity contribution in [3.63, 3.8) is 0 Å². The van der Waals surface area contributed by atoms with Crippen molar-refractivity contribution in [1.82, 2.24) is 19.9 Å². The van der Waals surface area contributed by atoms with Crippen molar-refractivity contribution >= 4 is 27.6 Å². The first-order valence-electron chi connectivity index (χ1n) is 11.3. The van der Waals surface area contributed by atoms with Crippen molar-refractivity contribution in [2.24, 2.45) is 5.92 Å². The lowest BCUT2D eigenvalue weighted by atomic mass is 10.0. The van der Waals surface area contributed by atoms with Crippen molar-refractivity contribution in [2.75, 3.05) is 18.8 Å². The molecule has 0 amide bonds. The van der Waals surface area contributed by atoms with Gasteiger partial charge in [0.1, 0.15) is 11.5 Å². The first kappa shape index (κ1) is 20.0. The van der Waals surface area contributed by atoms with Crippen LogP contribution in [0.2, 0.25) is 0 Å². The number of aryl methyl sites for hydroxylation is 4. The fourth-order valence-corrected chi connectivity index (χ4v) is 4.93. The van der Waals surface area contributed by atoms with Gasteiger partial charge < -0.3 is 11.1 Å². The molecule has 0 radical (unpaired) electrons. The molecular formula is C26H31N5. The van der Waals surface area contributed by atoms with Crippen LogP contribution < -0.4 is 11.1 Å². The second-order valence-corrected chi connectivity index (χ2v) is 9.14. The molecule has 1 saturated carbocycles. The van der Waals surface area contributed by atoms with Gasteiger partial charge in [-0.05, 0) is 76.3 Å². The van der Waals surface area contributed by atoms with Crippen molar-refractivity contribution < 1.29 is 0 Å². The lowest BCUT2D eigenvalue weighted by Gasteiger charge is -2.15. The topological polar surface area (TPSA) is 68.8 Å². The smallest absolute Gasteiger partial charge is 0.149 e. The third-order valence-electron chi connectivity index (χ3n) is 6.38. The lowest BCUT2D eigenvalue weighted by molar-refractivity contribution is 0.634. The van der Waals surface area contributed by atoms with Gasteiger partial charge in [-0.15, -0.1) is 0 Å². The molecule has 31 heavy (non-hydrogen) atoms. The summed E-state index contributed by atoms with van der Waals surface area (Å²) in [6, 6.07) is 10.6. The number of benzene rings is 2. The zero-order chi connectivity index (χ0) is 21.7. The van der Waals surface area contributed by atoms with E-state index < -0.39 is 0 Å². The van der Waals surface area contributed by atoms with Crippen molar-refractivity contribution in [3.05, 3.63) is 58.5 Å². The molecule has 2 aromatic heterocycles. The fraction of sp³-hybridized carbons (Fsp3) is 0.385. The Kier molecular flexibility index (Phi) is 4.94. The molecule has 160 valence electrons. The van der Waals surface area contributed by atoms with Crippen LogP contribution in [0.3, 0.4) is 0 Å². The number of nitrogens with zero attached hydrogens (tertiary/aromatic N) is 3. The van der Waals surface area contributed by atoms with E-state index in [1.165, 1.54) is 35.2 Å². The largest absolute Gasteiger partial charge is 0.398 e. The van der Waals surface area contributed by atoms with E-state index >= 15 is 0 Å². The van der Waals surface area contributed by atoms with Crippen LogP contribution in [0.4, 0.5) is 5.69 Å². The van der Waals surface area contributed by atoms with E-state index in [1.807, 2.05) is 19.1 Å². The molecule has 4 aromatic rings. The highest BCUT2D eigenvalue weighted by molar-refractivity contribution is 6.14. The summed E-state index contributed by atoms with van der Waals surface area (Å²) in [5, 5.41) is 5.76. The Morgan fingerprint density at radius 3 is 2.48 bits per heavy atom. The Bertz CT molecular complexity index is 1270. The molecule has 3 N–H and O–H groups in total. The minimum Gasteiger partial charge on any atom is -0.398 e. The van der Waals surface area contributed by atoms with Gasteiger partial charge in [0.25, 0.3) is 0 Å². The molecule has 0 aliphatic heterocycles. The van der Waals surface area contributed by atoms with Gasteiger partial charge in [-0.1, -0.05) is 23.8 Å². The number of aromatic nitrogens is 3. The highest BCUT2D eigenvalue weighted by Crippen LogP contribution is 2.38. The van der Waals surface area contributed by atoms with Crippen LogP contribution in [0, 0.1) is 33.6 Å². The Morgan fingerprint density at radius 2 is 1.77 bits per heavy atom. The first-order valence-corrected chi connectivity index (χ1v) is 11.3.